The van der Waals surface area contributed by atoms with Gasteiger partial charge in [0.05, 0.1) is 24.5 Å². The second-order valence-electron chi connectivity index (χ2n) is 13.3. The van der Waals surface area contributed by atoms with Crippen molar-refractivity contribution in [1.29, 1.82) is 0 Å². The van der Waals surface area contributed by atoms with Crippen LogP contribution in [-0.2, 0) is 36.6 Å². The Bertz CT molecular complexity index is 1430. The van der Waals surface area contributed by atoms with E-state index in [0.717, 1.165) is 25.5 Å². The molecule has 0 bridgehead atoms. The number of aromatic nitrogens is 2. The fraction of sp³-hybridized carbons (Fsp3) is 0.515. The molecule has 3 rings (SSSR count). The van der Waals surface area contributed by atoms with Crippen molar-refractivity contribution < 1.29 is 26.6 Å². The standard InChI is InChI=1S/C33H48BrN3O6SSi/c1-32(2,3)43-31(38)35-26(24-37-27(23-30(34)36-37)25-41-44(7,39)40)17-11-10-16-22-42-45(33(4,5)6,28-18-12-8-13-19-28)29-20-14-9-15-21-29/h8-9,12-15,18-21,23,26H,10-11,16-17,22,24-25H2,1-7H3,(H,35,38)/t26-/m1/s1. The molecule has 1 heterocycles. The van der Waals surface area contributed by atoms with Gasteiger partial charge < -0.3 is 14.5 Å². The van der Waals surface area contributed by atoms with E-state index >= 15 is 0 Å². The molecule has 45 heavy (non-hydrogen) atoms. The van der Waals surface area contributed by atoms with Crippen LogP contribution in [0.25, 0.3) is 0 Å². The molecule has 0 aliphatic heterocycles. The number of benzene rings is 2. The first-order valence-corrected chi connectivity index (χ1v) is 19.8. The van der Waals surface area contributed by atoms with Crippen molar-refractivity contribution in [3.8, 4) is 0 Å². The monoisotopic (exact) mass is 721 g/mol. The Labute approximate surface area is 278 Å². The summed E-state index contributed by atoms with van der Waals surface area (Å²) in [6.45, 7) is 13.1. The largest absolute Gasteiger partial charge is 0.444 e. The van der Waals surface area contributed by atoms with Gasteiger partial charge in [-0.3, -0.25) is 8.86 Å². The van der Waals surface area contributed by atoms with E-state index in [1.54, 1.807) is 10.7 Å². The lowest BCUT2D eigenvalue weighted by atomic mass is 10.1. The molecule has 3 aromatic rings. The number of hydrogen-bond donors (Lipinski definition) is 1. The van der Waals surface area contributed by atoms with Crippen molar-refractivity contribution in [2.45, 2.75) is 97.1 Å². The zero-order valence-corrected chi connectivity index (χ0v) is 30.9. The molecule has 0 saturated carbocycles. The molecule has 0 unspecified atom stereocenters. The number of halogens is 1. The van der Waals surface area contributed by atoms with Gasteiger partial charge in [0.1, 0.15) is 16.8 Å². The predicted octanol–water partition coefficient (Wildman–Crippen LogP) is 6.15. The zero-order chi connectivity index (χ0) is 33.3. The number of carbonyl (C=O) groups excluding carboxylic acids is 1. The summed E-state index contributed by atoms with van der Waals surface area (Å²) in [6, 6.07) is 22.6. The summed E-state index contributed by atoms with van der Waals surface area (Å²) in [5.74, 6) is 0. The van der Waals surface area contributed by atoms with E-state index < -0.39 is 30.1 Å². The Morgan fingerprint density at radius 1 is 0.956 bits per heavy atom. The van der Waals surface area contributed by atoms with Crippen molar-refractivity contribution in [3.05, 3.63) is 77.0 Å². The third-order valence-corrected chi connectivity index (χ3v) is 13.3. The van der Waals surface area contributed by atoms with Crippen LogP contribution in [0.5, 0.6) is 0 Å². The second kappa shape index (κ2) is 15.9. The topological polar surface area (TPSA) is 109 Å². The Morgan fingerprint density at radius 2 is 1.53 bits per heavy atom. The molecule has 1 atom stereocenters. The summed E-state index contributed by atoms with van der Waals surface area (Å²) in [6.07, 6.45) is 3.77. The van der Waals surface area contributed by atoms with Gasteiger partial charge in [0.2, 0.25) is 0 Å². The van der Waals surface area contributed by atoms with Crippen LogP contribution in [0.3, 0.4) is 0 Å². The van der Waals surface area contributed by atoms with Crippen LogP contribution in [0, 0.1) is 0 Å². The minimum Gasteiger partial charge on any atom is -0.444 e. The highest BCUT2D eigenvalue weighted by molar-refractivity contribution is 9.10. The minimum absolute atomic E-state index is 0.0886. The van der Waals surface area contributed by atoms with Gasteiger partial charge >= 0.3 is 6.09 Å². The molecule has 1 N–H and O–H groups in total. The lowest BCUT2D eigenvalue weighted by Crippen LogP contribution is -2.66. The highest BCUT2D eigenvalue weighted by Gasteiger charge is 2.49. The second-order valence-corrected chi connectivity index (χ2v) is 20.1. The van der Waals surface area contributed by atoms with Crippen LogP contribution in [0.4, 0.5) is 4.79 Å². The molecule has 9 nitrogen and oxygen atoms in total. The van der Waals surface area contributed by atoms with Gasteiger partial charge in [-0.25, -0.2) is 4.79 Å². The highest BCUT2D eigenvalue weighted by atomic mass is 79.9. The lowest BCUT2D eigenvalue weighted by molar-refractivity contribution is 0.0494. The smallest absolute Gasteiger partial charge is 0.407 e. The molecule has 0 spiro atoms. The van der Waals surface area contributed by atoms with Crippen LogP contribution in [0.1, 0.15) is 72.9 Å². The SMILES string of the molecule is CC(C)(C)OC(=O)N[C@H](CCCCCO[Si](c1ccccc1)(c1ccccc1)C(C)(C)C)Cn1nc(Br)cc1COS(C)(=O)=O. The van der Waals surface area contributed by atoms with E-state index in [0.29, 0.717) is 29.9 Å². The first-order chi connectivity index (χ1) is 21.0. The highest BCUT2D eigenvalue weighted by Crippen LogP contribution is 2.36. The average Bonchev–Trinajstić information content (AvgIpc) is 3.29. The summed E-state index contributed by atoms with van der Waals surface area (Å²) in [7, 11) is -6.23. The number of alkyl carbamates (subject to hydrolysis) is 1. The van der Waals surface area contributed by atoms with Crippen molar-refractivity contribution in [3.63, 3.8) is 0 Å². The number of nitrogens with zero attached hydrogens (tertiary/aromatic N) is 2. The summed E-state index contributed by atoms with van der Waals surface area (Å²) in [5.41, 5.74) is -0.0714. The van der Waals surface area contributed by atoms with E-state index in [1.807, 2.05) is 32.9 Å². The maximum atomic E-state index is 12.7. The molecular formula is C33H48BrN3O6SSi. The zero-order valence-electron chi connectivity index (χ0n) is 27.5. The normalized spacial score (nSPS) is 13.4. The number of carbonyl (C=O) groups is 1. The Hall–Kier alpha value is -2.51. The number of hydrogen-bond acceptors (Lipinski definition) is 7. The third-order valence-electron chi connectivity index (χ3n) is 7.30. The van der Waals surface area contributed by atoms with Crippen LogP contribution in [-0.4, -0.2) is 57.1 Å². The molecule has 12 heteroatoms. The third kappa shape index (κ3) is 11.4. The molecule has 1 aromatic heterocycles. The maximum absolute atomic E-state index is 12.7. The first-order valence-electron chi connectivity index (χ1n) is 15.3. The van der Waals surface area contributed by atoms with Crippen molar-refractivity contribution in [2.24, 2.45) is 0 Å². The molecule has 0 saturated heterocycles. The van der Waals surface area contributed by atoms with Gasteiger partial charge in [0.15, 0.2) is 0 Å². The molecule has 0 aliphatic carbocycles. The minimum atomic E-state index is -3.63. The number of nitrogens with one attached hydrogen (secondary N) is 1. The quantitative estimate of drug-likeness (QED) is 0.114. The van der Waals surface area contributed by atoms with Crippen LogP contribution >= 0.6 is 15.9 Å². The molecule has 248 valence electrons. The fourth-order valence-electron chi connectivity index (χ4n) is 5.41. The van der Waals surface area contributed by atoms with E-state index in [-0.39, 0.29) is 17.7 Å². The Kier molecular flexibility index (Phi) is 13.0. The average molecular weight is 723 g/mol. The van der Waals surface area contributed by atoms with E-state index in [9.17, 15) is 13.2 Å². The van der Waals surface area contributed by atoms with Gasteiger partial charge in [-0.15, -0.1) is 0 Å². The summed E-state index contributed by atoms with van der Waals surface area (Å²) < 4.78 is 42.9. The number of ether oxygens (including phenoxy) is 1. The van der Waals surface area contributed by atoms with Gasteiger partial charge in [-0.2, -0.15) is 13.5 Å². The summed E-state index contributed by atoms with van der Waals surface area (Å²) >= 11 is 3.37. The van der Waals surface area contributed by atoms with Crippen LogP contribution in [0.2, 0.25) is 5.04 Å². The van der Waals surface area contributed by atoms with E-state index in [2.05, 4.69) is 95.6 Å². The number of rotatable bonds is 15. The van der Waals surface area contributed by atoms with E-state index in [1.165, 1.54) is 10.4 Å². The van der Waals surface area contributed by atoms with Gasteiger partial charge in [-0.05, 0) is 71.0 Å². The molecule has 0 aliphatic rings. The van der Waals surface area contributed by atoms with Crippen molar-refractivity contribution >= 4 is 50.8 Å². The van der Waals surface area contributed by atoms with Gasteiger partial charge in [-0.1, -0.05) is 94.3 Å². The Balaban J connectivity index is 1.69. The summed E-state index contributed by atoms with van der Waals surface area (Å²) in [5, 5.41) is 9.86. The first kappa shape index (κ1) is 36.9. The maximum Gasteiger partial charge on any atom is 0.407 e. The fourth-order valence-corrected chi connectivity index (χ4v) is 10.8. The van der Waals surface area contributed by atoms with Crippen molar-refractivity contribution in [2.75, 3.05) is 12.9 Å². The van der Waals surface area contributed by atoms with Crippen LogP contribution in [0.15, 0.2) is 71.3 Å². The van der Waals surface area contributed by atoms with Crippen molar-refractivity contribution in [1.82, 2.24) is 15.1 Å². The molecule has 1 amide bonds. The Morgan fingerprint density at radius 3 is 2.04 bits per heavy atom. The molecule has 0 radical (unpaired) electrons. The molecular weight excluding hydrogens is 674 g/mol. The number of unbranched alkanes of at least 4 members (excludes halogenated alkanes) is 2. The van der Waals surface area contributed by atoms with Gasteiger partial charge in [0.25, 0.3) is 18.4 Å². The lowest BCUT2D eigenvalue weighted by Gasteiger charge is -2.43. The van der Waals surface area contributed by atoms with Crippen LogP contribution < -0.4 is 15.7 Å². The van der Waals surface area contributed by atoms with E-state index in [4.69, 9.17) is 13.3 Å². The number of amides is 1. The summed E-state index contributed by atoms with van der Waals surface area (Å²) in [4.78, 5) is 12.7. The predicted molar refractivity (Wildman–Crippen MR) is 185 cm³/mol. The molecule has 0 fully saturated rings. The van der Waals surface area contributed by atoms with Gasteiger partial charge in [0, 0.05) is 6.61 Å². The molecule has 2 aromatic carbocycles.